The maximum absolute atomic E-state index is 11.4. The summed E-state index contributed by atoms with van der Waals surface area (Å²) in [5, 5.41) is 12.5. The molecule has 0 amide bonds. The number of fused-ring (bicyclic) bond motifs is 1. The Kier molecular flexibility index (Phi) is 3.87. The lowest BCUT2D eigenvalue weighted by Crippen LogP contribution is -2.26. The van der Waals surface area contributed by atoms with E-state index in [1.165, 1.54) is 12.8 Å². The molecule has 0 unspecified atom stereocenters. The van der Waals surface area contributed by atoms with Gasteiger partial charge in [0.05, 0.1) is 0 Å². The van der Waals surface area contributed by atoms with Crippen molar-refractivity contribution in [2.45, 2.75) is 32.1 Å². The van der Waals surface area contributed by atoms with Crippen molar-refractivity contribution in [2.24, 2.45) is 0 Å². The van der Waals surface area contributed by atoms with E-state index in [1.807, 2.05) is 0 Å². The summed E-state index contributed by atoms with van der Waals surface area (Å²) in [4.78, 5) is 18.3. The number of nitrogens with one attached hydrogen (secondary N) is 1. The molecule has 0 radical (unpaired) electrons. The Morgan fingerprint density at radius 1 is 1.30 bits per heavy atom. The van der Waals surface area contributed by atoms with Crippen LogP contribution in [0.25, 0.3) is 0 Å². The Morgan fingerprint density at radius 2 is 2.10 bits per heavy atom. The molecule has 1 aliphatic heterocycles. The maximum atomic E-state index is 11.4. The molecule has 3 rings (SSSR count). The second kappa shape index (κ2) is 5.79. The highest BCUT2D eigenvalue weighted by atomic mass is 16.4. The van der Waals surface area contributed by atoms with Gasteiger partial charge in [0.25, 0.3) is 0 Å². The van der Waals surface area contributed by atoms with E-state index in [0.29, 0.717) is 11.4 Å². The van der Waals surface area contributed by atoms with Gasteiger partial charge in [-0.15, -0.1) is 0 Å². The van der Waals surface area contributed by atoms with Crippen LogP contribution in [-0.4, -0.2) is 47.1 Å². The number of aromatic carboxylic acids is 1. The molecule has 1 aromatic rings. The Hall–Kier alpha value is -1.62. The van der Waals surface area contributed by atoms with Crippen molar-refractivity contribution < 1.29 is 9.90 Å². The van der Waals surface area contributed by atoms with Gasteiger partial charge in [-0.05, 0) is 56.8 Å². The lowest BCUT2D eigenvalue weighted by Gasteiger charge is -2.16. The summed E-state index contributed by atoms with van der Waals surface area (Å²) in [6.07, 6.45) is 5.56. The minimum Gasteiger partial charge on any atom is -0.478 e. The monoisotopic (exact) mass is 275 g/mol. The van der Waals surface area contributed by atoms with Gasteiger partial charge in [-0.25, -0.2) is 9.78 Å². The third kappa shape index (κ3) is 2.77. The summed E-state index contributed by atoms with van der Waals surface area (Å²) in [7, 11) is 0. The molecule has 0 aromatic carbocycles. The van der Waals surface area contributed by atoms with E-state index in [2.05, 4.69) is 15.2 Å². The molecule has 0 bridgehead atoms. The van der Waals surface area contributed by atoms with E-state index < -0.39 is 5.97 Å². The van der Waals surface area contributed by atoms with Crippen LogP contribution in [-0.2, 0) is 12.8 Å². The van der Waals surface area contributed by atoms with Gasteiger partial charge >= 0.3 is 5.97 Å². The van der Waals surface area contributed by atoms with Crippen LogP contribution in [0.5, 0.6) is 0 Å². The number of aromatic nitrogens is 1. The van der Waals surface area contributed by atoms with E-state index in [0.717, 1.165) is 56.7 Å². The number of likely N-dealkylation sites (tertiary alicyclic amines) is 1. The maximum Gasteiger partial charge on any atom is 0.339 e. The predicted octanol–water partition coefficient (Wildman–Crippen LogP) is 1.78. The second-order valence-electron chi connectivity index (χ2n) is 5.62. The van der Waals surface area contributed by atoms with Crippen molar-refractivity contribution in [1.82, 2.24) is 9.88 Å². The number of hydrogen-bond acceptors (Lipinski definition) is 4. The molecule has 5 nitrogen and oxygen atoms in total. The molecule has 2 N–H and O–H groups in total. The van der Waals surface area contributed by atoms with Gasteiger partial charge in [-0.3, -0.25) is 0 Å². The zero-order valence-corrected chi connectivity index (χ0v) is 11.7. The van der Waals surface area contributed by atoms with E-state index in [9.17, 15) is 9.90 Å². The molecule has 0 spiro atoms. The number of pyridine rings is 1. The first-order valence-electron chi connectivity index (χ1n) is 7.46. The largest absolute Gasteiger partial charge is 0.478 e. The summed E-state index contributed by atoms with van der Waals surface area (Å²) >= 11 is 0. The molecule has 1 fully saturated rings. The third-order valence-electron chi connectivity index (χ3n) is 4.20. The molecule has 0 saturated carbocycles. The van der Waals surface area contributed by atoms with Crippen LogP contribution in [0.2, 0.25) is 0 Å². The molecule has 1 aliphatic carbocycles. The summed E-state index contributed by atoms with van der Waals surface area (Å²) < 4.78 is 0. The fraction of sp³-hybridized carbons (Fsp3) is 0.600. The van der Waals surface area contributed by atoms with Gasteiger partial charge in [0, 0.05) is 18.8 Å². The highest BCUT2D eigenvalue weighted by Crippen LogP contribution is 2.25. The van der Waals surface area contributed by atoms with E-state index in [4.69, 9.17) is 0 Å². The van der Waals surface area contributed by atoms with Crippen molar-refractivity contribution in [3.8, 4) is 0 Å². The first kappa shape index (κ1) is 13.4. The normalized spacial score (nSPS) is 18.2. The van der Waals surface area contributed by atoms with Crippen LogP contribution >= 0.6 is 0 Å². The standard InChI is InChI=1S/C15H21N3O2/c19-15(20)12-10-11-4-3-5-13(11)17-14(12)16-6-9-18-7-1-2-8-18/h10H,1-9H2,(H,16,17)(H,19,20). The first-order chi connectivity index (χ1) is 9.74. The van der Waals surface area contributed by atoms with Crippen LogP contribution in [0.3, 0.4) is 0 Å². The topological polar surface area (TPSA) is 65.5 Å². The van der Waals surface area contributed by atoms with Gasteiger partial charge in [-0.1, -0.05) is 0 Å². The first-order valence-corrected chi connectivity index (χ1v) is 7.46. The predicted molar refractivity (Wildman–Crippen MR) is 77.4 cm³/mol. The molecule has 2 heterocycles. The fourth-order valence-corrected chi connectivity index (χ4v) is 3.11. The van der Waals surface area contributed by atoms with Crippen molar-refractivity contribution in [3.63, 3.8) is 0 Å². The van der Waals surface area contributed by atoms with Crippen molar-refractivity contribution in [1.29, 1.82) is 0 Å². The number of aryl methyl sites for hydroxylation is 2. The highest BCUT2D eigenvalue weighted by molar-refractivity contribution is 5.93. The van der Waals surface area contributed by atoms with Crippen molar-refractivity contribution in [3.05, 3.63) is 22.9 Å². The van der Waals surface area contributed by atoms with Crippen molar-refractivity contribution in [2.75, 3.05) is 31.5 Å². The van der Waals surface area contributed by atoms with E-state index in [-0.39, 0.29) is 0 Å². The third-order valence-corrected chi connectivity index (χ3v) is 4.20. The van der Waals surface area contributed by atoms with Crippen LogP contribution in [0, 0.1) is 0 Å². The SMILES string of the molecule is O=C(O)c1cc2c(nc1NCCN1CCCC1)CCC2. The molecule has 1 aromatic heterocycles. The molecular weight excluding hydrogens is 254 g/mol. The minimum absolute atomic E-state index is 0.312. The Morgan fingerprint density at radius 3 is 2.85 bits per heavy atom. The average molecular weight is 275 g/mol. The van der Waals surface area contributed by atoms with Gasteiger partial charge < -0.3 is 15.3 Å². The quantitative estimate of drug-likeness (QED) is 0.857. The van der Waals surface area contributed by atoms with Gasteiger partial charge in [-0.2, -0.15) is 0 Å². The minimum atomic E-state index is -0.893. The second-order valence-corrected chi connectivity index (χ2v) is 5.62. The lowest BCUT2D eigenvalue weighted by molar-refractivity contribution is 0.0697. The van der Waals surface area contributed by atoms with E-state index >= 15 is 0 Å². The molecule has 5 heteroatoms. The summed E-state index contributed by atoms with van der Waals surface area (Å²) in [6.45, 7) is 4.03. The molecule has 0 atom stereocenters. The van der Waals surface area contributed by atoms with E-state index in [1.54, 1.807) is 6.07 Å². The number of carbonyl (C=O) groups is 1. The molecule has 2 aliphatic rings. The van der Waals surface area contributed by atoms with Gasteiger partial charge in [0.15, 0.2) is 0 Å². The summed E-state index contributed by atoms with van der Waals surface area (Å²) in [5.74, 6) is -0.354. The van der Waals surface area contributed by atoms with Crippen LogP contribution in [0.15, 0.2) is 6.07 Å². The number of nitrogens with zero attached hydrogens (tertiary/aromatic N) is 2. The number of rotatable bonds is 5. The van der Waals surface area contributed by atoms with Crippen LogP contribution < -0.4 is 5.32 Å². The van der Waals surface area contributed by atoms with Crippen LogP contribution in [0.4, 0.5) is 5.82 Å². The fourth-order valence-electron chi connectivity index (χ4n) is 3.11. The molecule has 108 valence electrons. The molecule has 20 heavy (non-hydrogen) atoms. The number of hydrogen-bond donors (Lipinski definition) is 2. The zero-order chi connectivity index (χ0) is 13.9. The smallest absolute Gasteiger partial charge is 0.339 e. The highest BCUT2D eigenvalue weighted by Gasteiger charge is 2.20. The summed E-state index contributed by atoms with van der Waals surface area (Å²) in [6, 6.07) is 1.80. The van der Waals surface area contributed by atoms with Crippen LogP contribution in [0.1, 0.15) is 40.9 Å². The van der Waals surface area contributed by atoms with Crippen molar-refractivity contribution >= 4 is 11.8 Å². The van der Waals surface area contributed by atoms with Gasteiger partial charge in [0.2, 0.25) is 0 Å². The Labute approximate surface area is 119 Å². The Bertz CT molecular complexity index is 510. The average Bonchev–Trinajstić information content (AvgIpc) is 3.07. The molecule has 1 saturated heterocycles. The van der Waals surface area contributed by atoms with Gasteiger partial charge in [0.1, 0.15) is 11.4 Å². The number of anilines is 1. The molecular formula is C15H21N3O2. The Balaban J connectivity index is 1.69. The number of carboxylic acid groups (broad SMARTS) is 1. The lowest BCUT2D eigenvalue weighted by atomic mass is 10.1. The zero-order valence-electron chi connectivity index (χ0n) is 11.7. The number of carboxylic acids is 1. The summed E-state index contributed by atoms with van der Waals surface area (Å²) in [5.41, 5.74) is 2.48.